The van der Waals surface area contributed by atoms with Crippen molar-refractivity contribution in [3.05, 3.63) is 59.9 Å². The first-order chi connectivity index (χ1) is 12.1. The molecule has 0 radical (unpaired) electrons. The van der Waals surface area contributed by atoms with Crippen molar-refractivity contribution >= 4 is 34.3 Å². The molecule has 0 saturated carbocycles. The molecule has 1 heterocycles. The highest BCUT2D eigenvalue weighted by atomic mass is 32.2. The molecular formula is C20H21N3OS. The molecule has 0 fully saturated rings. The van der Waals surface area contributed by atoms with Crippen LogP contribution in [0.2, 0.25) is 0 Å². The average Bonchev–Trinajstić information content (AvgIpc) is 2.62. The lowest BCUT2D eigenvalue weighted by molar-refractivity contribution is -0.115. The molecule has 0 spiro atoms. The second kappa shape index (κ2) is 7.66. The Bertz CT molecular complexity index is 893. The second-order valence-corrected chi connectivity index (χ2v) is 7.22. The minimum Gasteiger partial charge on any atom is -0.325 e. The Morgan fingerprint density at radius 3 is 2.56 bits per heavy atom. The molecule has 0 aliphatic rings. The summed E-state index contributed by atoms with van der Waals surface area (Å²) in [6, 6.07) is 15.8. The number of thioether (sulfide) groups is 1. The monoisotopic (exact) mass is 351 g/mol. The van der Waals surface area contributed by atoms with Gasteiger partial charge in [-0.05, 0) is 44.0 Å². The van der Waals surface area contributed by atoms with E-state index in [2.05, 4.69) is 22.2 Å². The van der Waals surface area contributed by atoms with E-state index in [9.17, 15) is 4.79 Å². The van der Waals surface area contributed by atoms with Gasteiger partial charge in [-0.25, -0.2) is 9.97 Å². The van der Waals surface area contributed by atoms with E-state index >= 15 is 0 Å². The molecule has 3 aromatic rings. The van der Waals surface area contributed by atoms with E-state index in [4.69, 9.17) is 0 Å². The Kier molecular flexibility index (Phi) is 5.34. The number of carbonyl (C=O) groups excluding carboxylic acids is 1. The van der Waals surface area contributed by atoms with Crippen LogP contribution >= 0.6 is 11.8 Å². The quantitative estimate of drug-likeness (QED) is 0.538. The van der Waals surface area contributed by atoms with Crippen LogP contribution in [-0.2, 0) is 11.2 Å². The van der Waals surface area contributed by atoms with Gasteiger partial charge in [-0.15, -0.1) is 0 Å². The SMILES string of the molecule is CCc1ccc(NC(=O)[C@@H](C)Sc2nc(C)nc3ccccc23)cc1. The zero-order chi connectivity index (χ0) is 17.8. The molecule has 1 aromatic heterocycles. The van der Waals surface area contributed by atoms with Crippen LogP contribution < -0.4 is 5.32 Å². The zero-order valence-corrected chi connectivity index (χ0v) is 15.4. The first kappa shape index (κ1) is 17.4. The van der Waals surface area contributed by atoms with Crippen LogP contribution in [0.15, 0.2) is 53.6 Å². The lowest BCUT2D eigenvalue weighted by Crippen LogP contribution is -2.22. The number of nitrogens with one attached hydrogen (secondary N) is 1. The second-order valence-electron chi connectivity index (χ2n) is 5.89. The Morgan fingerprint density at radius 2 is 1.84 bits per heavy atom. The number of hydrogen-bond acceptors (Lipinski definition) is 4. The molecule has 0 unspecified atom stereocenters. The van der Waals surface area contributed by atoms with Crippen molar-refractivity contribution in [1.29, 1.82) is 0 Å². The molecule has 0 saturated heterocycles. The molecule has 25 heavy (non-hydrogen) atoms. The van der Waals surface area contributed by atoms with Gasteiger partial charge in [-0.2, -0.15) is 0 Å². The topological polar surface area (TPSA) is 54.9 Å². The summed E-state index contributed by atoms with van der Waals surface area (Å²) in [6.45, 7) is 5.88. The number of hydrogen-bond donors (Lipinski definition) is 1. The van der Waals surface area contributed by atoms with Gasteiger partial charge in [0.15, 0.2) is 0 Å². The summed E-state index contributed by atoms with van der Waals surface area (Å²) in [4.78, 5) is 21.5. The molecule has 1 N–H and O–H groups in total. The average molecular weight is 351 g/mol. The fourth-order valence-electron chi connectivity index (χ4n) is 2.54. The third-order valence-corrected chi connectivity index (χ3v) is 5.07. The largest absolute Gasteiger partial charge is 0.325 e. The van der Waals surface area contributed by atoms with Crippen LogP contribution in [-0.4, -0.2) is 21.1 Å². The molecule has 0 bridgehead atoms. The van der Waals surface area contributed by atoms with E-state index in [-0.39, 0.29) is 11.2 Å². The molecule has 4 nitrogen and oxygen atoms in total. The van der Waals surface area contributed by atoms with Crippen molar-refractivity contribution < 1.29 is 4.79 Å². The summed E-state index contributed by atoms with van der Waals surface area (Å²) in [6.07, 6.45) is 0.987. The highest BCUT2D eigenvalue weighted by Gasteiger charge is 2.17. The number of anilines is 1. The van der Waals surface area contributed by atoms with E-state index in [0.717, 1.165) is 28.0 Å². The standard InChI is InChI=1S/C20H21N3OS/c1-4-15-9-11-16(12-10-15)23-19(24)13(2)25-20-17-7-5-6-8-18(17)21-14(3)22-20/h5-13H,4H2,1-3H3,(H,23,24)/t13-/m1/s1. The fourth-order valence-corrected chi connectivity index (χ4v) is 3.52. The smallest absolute Gasteiger partial charge is 0.237 e. The molecule has 0 aliphatic heterocycles. The zero-order valence-electron chi connectivity index (χ0n) is 14.6. The summed E-state index contributed by atoms with van der Waals surface area (Å²) in [5, 5.41) is 4.53. The Balaban J connectivity index is 1.75. The van der Waals surface area contributed by atoms with Gasteiger partial charge in [-0.1, -0.05) is 49.0 Å². The van der Waals surface area contributed by atoms with E-state index < -0.39 is 0 Å². The maximum absolute atomic E-state index is 12.5. The predicted octanol–water partition coefficient (Wildman–Crippen LogP) is 4.62. The molecule has 128 valence electrons. The maximum Gasteiger partial charge on any atom is 0.237 e. The van der Waals surface area contributed by atoms with E-state index in [1.54, 1.807) is 0 Å². The van der Waals surface area contributed by atoms with Crippen LogP contribution in [0.3, 0.4) is 0 Å². The lowest BCUT2D eigenvalue weighted by atomic mass is 10.1. The molecule has 5 heteroatoms. The van der Waals surface area contributed by atoms with Gasteiger partial charge < -0.3 is 5.32 Å². The number of rotatable bonds is 5. The van der Waals surface area contributed by atoms with Gasteiger partial charge in [0, 0.05) is 11.1 Å². The maximum atomic E-state index is 12.5. The summed E-state index contributed by atoms with van der Waals surface area (Å²) >= 11 is 1.46. The van der Waals surface area contributed by atoms with Crippen molar-refractivity contribution in [2.24, 2.45) is 0 Å². The third-order valence-electron chi connectivity index (χ3n) is 3.97. The predicted molar refractivity (Wildman–Crippen MR) is 104 cm³/mol. The van der Waals surface area contributed by atoms with Crippen LogP contribution in [0, 0.1) is 6.92 Å². The van der Waals surface area contributed by atoms with Gasteiger partial charge in [0.1, 0.15) is 10.9 Å². The van der Waals surface area contributed by atoms with Crippen molar-refractivity contribution in [2.45, 2.75) is 37.5 Å². The van der Waals surface area contributed by atoms with E-state index in [1.165, 1.54) is 17.3 Å². The summed E-state index contributed by atoms with van der Waals surface area (Å²) in [7, 11) is 0. The fraction of sp³-hybridized carbons (Fsp3) is 0.250. The third kappa shape index (κ3) is 4.17. The number of amides is 1. The van der Waals surface area contributed by atoms with E-state index in [1.807, 2.05) is 62.4 Å². The number of carbonyl (C=O) groups is 1. The molecule has 1 amide bonds. The molecule has 3 rings (SSSR count). The van der Waals surface area contributed by atoms with Crippen molar-refractivity contribution in [3.8, 4) is 0 Å². The molecule has 2 aromatic carbocycles. The highest BCUT2D eigenvalue weighted by Crippen LogP contribution is 2.29. The number of aromatic nitrogens is 2. The first-order valence-electron chi connectivity index (χ1n) is 8.36. The number of para-hydroxylation sites is 1. The summed E-state index contributed by atoms with van der Waals surface area (Å²) in [5.74, 6) is 0.679. The normalized spacial score (nSPS) is 12.1. The number of benzene rings is 2. The van der Waals surface area contributed by atoms with Gasteiger partial charge in [0.05, 0.1) is 10.8 Å². The Hall–Kier alpha value is -2.40. The minimum absolute atomic E-state index is 0.0328. The van der Waals surface area contributed by atoms with Gasteiger partial charge in [0.2, 0.25) is 5.91 Å². The molecule has 0 aliphatic carbocycles. The number of nitrogens with zero attached hydrogens (tertiary/aromatic N) is 2. The highest BCUT2D eigenvalue weighted by molar-refractivity contribution is 8.00. The molecule has 1 atom stereocenters. The van der Waals surface area contributed by atoms with Crippen LogP contribution in [0.25, 0.3) is 10.9 Å². The summed E-state index contributed by atoms with van der Waals surface area (Å²) < 4.78 is 0. The van der Waals surface area contributed by atoms with Crippen LogP contribution in [0.4, 0.5) is 5.69 Å². The first-order valence-corrected chi connectivity index (χ1v) is 9.24. The molecular weight excluding hydrogens is 330 g/mol. The van der Waals surface area contributed by atoms with Crippen LogP contribution in [0.1, 0.15) is 25.2 Å². The Morgan fingerprint density at radius 1 is 1.12 bits per heavy atom. The van der Waals surface area contributed by atoms with E-state index in [0.29, 0.717) is 5.82 Å². The van der Waals surface area contributed by atoms with Gasteiger partial charge >= 0.3 is 0 Å². The van der Waals surface area contributed by atoms with Crippen LogP contribution in [0.5, 0.6) is 0 Å². The van der Waals surface area contributed by atoms with Crippen molar-refractivity contribution in [1.82, 2.24) is 9.97 Å². The van der Waals surface area contributed by atoms with Gasteiger partial charge in [0.25, 0.3) is 0 Å². The number of fused-ring (bicyclic) bond motifs is 1. The van der Waals surface area contributed by atoms with Crippen molar-refractivity contribution in [2.75, 3.05) is 5.32 Å². The summed E-state index contributed by atoms with van der Waals surface area (Å²) in [5.41, 5.74) is 2.97. The lowest BCUT2D eigenvalue weighted by Gasteiger charge is -2.13. The van der Waals surface area contributed by atoms with Gasteiger partial charge in [-0.3, -0.25) is 4.79 Å². The number of aryl methyl sites for hydroxylation is 2. The van der Waals surface area contributed by atoms with Crippen molar-refractivity contribution in [3.63, 3.8) is 0 Å². The minimum atomic E-state index is -0.261. The Labute approximate surface area is 152 Å².